The predicted molar refractivity (Wildman–Crippen MR) is 122 cm³/mol. The molecule has 0 N–H and O–H groups in total. The van der Waals surface area contributed by atoms with Crippen molar-refractivity contribution in [3.63, 3.8) is 0 Å². The lowest BCUT2D eigenvalue weighted by molar-refractivity contribution is 0.0607. The zero-order chi connectivity index (χ0) is 21.8. The van der Waals surface area contributed by atoms with Gasteiger partial charge < -0.3 is 9.64 Å². The molecule has 1 aromatic heterocycles. The van der Waals surface area contributed by atoms with Crippen LogP contribution in [-0.2, 0) is 13.3 Å². The molecule has 0 spiro atoms. The fraction of sp³-hybridized carbons (Fsp3) is 0.273. The van der Waals surface area contributed by atoms with Gasteiger partial charge >= 0.3 is 0 Å². The van der Waals surface area contributed by atoms with Crippen LogP contribution in [-0.4, -0.2) is 51.7 Å². The third-order valence-electron chi connectivity index (χ3n) is 5.17. The number of benzene rings is 2. The quantitative estimate of drug-likeness (QED) is 0.508. The molecule has 162 valence electrons. The van der Waals surface area contributed by atoms with Crippen LogP contribution in [0.15, 0.2) is 54.7 Å². The maximum absolute atomic E-state index is 13.0. The number of hydrogen-bond acceptors (Lipinski definition) is 4. The second kappa shape index (κ2) is 9.92. The normalized spacial score (nSPS) is 14.6. The minimum atomic E-state index is -0.0543. The Morgan fingerprint density at radius 3 is 2.35 bits per heavy atom. The third-order valence-corrected chi connectivity index (χ3v) is 6.01. The molecule has 1 fully saturated rings. The number of aromatic nitrogens is 2. The fourth-order valence-electron chi connectivity index (χ4n) is 3.45. The van der Waals surface area contributed by atoms with Gasteiger partial charge in [0, 0.05) is 54.0 Å². The molecule has 0 saturated carbocycles. The van der Waals surface area contributed by atoms with Crippen molar-refractivity contribution in [1.29, 1.82) is 0 Å². The molecule has 1 saturated heterocycles. The van der Waals surface area contributed by atoms with Crippen LogP contribution in [0, 0.1) is 0 Å². The molecule has 9 heteroatoms. The Kier molecular flexibility index (Phi) is 7.02. The highest BCUT2D eigenvalue weighted by Crippen LogP contribution is 2.23. The summed E-state index contributed by atoms with van der Waals surface area (Å²) in [7, 11) is 0. The lowest BCUT2D eigenvalue weighted by Crippen LogP contribution is -2.48. The number of carbonyl (C=O) groups excluding carboxylic acids is 1. The van der Waals surface area contributed by atoms with E-state index in [0.717, 1.165) is 25.2 Å². The number of piperazine rings is 1. The molecule has 1 amide bonds. The van der Waals surface area contributed by atoms with Crippen molar-refractivity contribution < 1.29 is 9.53 Å². The van der Waals surface area contributed by atoms with Crippen molar-refractivity contribution in [2.75, 3.05) is 26.2 Å². The first-order valence-corrected chi connectivity index (χ1v) is 11.0. The molecule has 6 nitrogen and oxygen atoms in total. The van der Waals surface area contributed by atoms with Crippen molar-refractivity contribution in [3.8, 4) is 5.75 Å². The Bertz CT molecular complexity index is 1050. The summed E-state index contributed by atoms with van der Waals surface area (Å²) < 4.78 is 7.29. The molecule has 0 bridgehead atoms. The Morgan fingerprint density at radius 2 is 1.65 bits per heavy atom. The number of ether oxygens (including phenoxy) is 1. The van der Waals surface area contributed by atoms with E-state index in [1.54, 1.807) is 47.3 Å². The molecule has 1 aliphatic heterocycles. The second-order valence-corrected chi connectivity index (χ2v) is 8.53. The standard InChI is InChI=1S/C22H21Cl3N4O2/c23-17-3-5-19(6-4-17)31-15-29-21(7-8-26-29)22(30)28-11-9-27(10-12-28)14-16-1-2-18(24)13-20(16)25/h1-8,13H,9-12,14-15H2. The summed E-state index contributed by atoms with van der Waals surface area (Å²) in [6.07, 6.45) is 1.61. The van der Waals surface area contributed by atoms with Gasteiger partial charge in [-0.3, -0.25) is 9.69 Å². The van der Waals surface area contributed by atoms with Crippen molar-refractivity contribution >= 4 is 40.7 Å². The van der Waals surface area contributed by atoms with Gasteiger partial charge in [0.2, 0.25) is 0 Å². The van der Waals surface area contributed by atoms with Gasteiger partial charge in [-0.25, -0.2) is 4.68 Å². The van der Waals surface area contributed by atoms with Gasteiger partial charge in [0.25, 0.3) is 5.91 Å². The van der Waals surface area contributed by atoms with Crippen LogP contribution < -0.4 is 4.74 Å². The molecule has 0 atom stereocenters. The number of nitrogens with zero attached hydrogens (tertiary/aromatic N) is 4. The van der Waals surface area contributed by atoms with Crippen molar-refractivity contribution in [3.05, 3.63) is 81.1 Å². The van der Waals surface area contributed by atoms with E-state index in [0.29, 0.717) is 39.6 Å². The van der Waals surface area contributed by atoms with Crippen LogP contribution >= 0.6 is 34.8 Å². The number of hydrogen-bond donors (Lipinski definition) is 0. The van der Waals surface area contributed by atoms with Crippen LogP contribution in [0.2, 0.25) is 15.1 Å². The number of rotatable bonds is 6. The number of amides is 1. The van der Waals surface area contributed by atoms with Gasteiger partial charge in [-0.1, -0.05) is 40.9 Å². The smallest absolute Gasteiger partial charge is 0.272 e. The van der Waals surface area contributed by atoms with Crippen LogP contribution in [0.3, 0.4) is 0 Å². The zero-order valence-electron chi connectivity index (χ0n) is 16.7. The Labute approximate surface area is 195 Å². The van der Waals surface area contributed by atoms with E-state index in [2.05, 4.69) is 10.00 Å². The van der Waals surface area contributed by atoms with Gasteiger partial charge in [-0.2, -0.15) is 5.10 Å². The van der Waals surface area contributed by atoms with Gasteiger partial charge in [0.1, 0.15) is 11.4 Å². The molecule has 1 aliphatic rings. The average Bonchev–Trinajstić information content (AvgIpc) is 3.24. The molecule has 3 aromatic rings. The summed E-state index contributed by atoms with van der Waals surface area (Å²) in [5.41, 5.74) is 1.53. The lowest BCUT2D eigenvalue weighted by atomic mass is 10.2. The number of halogens is 3. The first-order valence-electron chi connectivity index (χ1n) is 9.85. The minimum absolute atomic E-state index is 0.0543. The van der Waals surface area contributed by atoms with Crippen molar-refractivity contribution in [2.24, 2.45) is 0 Å². The van der Waals surface area contributed by atoms with Crippen LogP contribution in [0.25, 0.3) is 0 Å². The van der Waals surface area contributed by atoms with Crippen LogP contribution in [0.4, 0.5) is 0 Å². The summed E-state index contributed by atoms with van der Waals surface area (Å²) >= 11 is 18.2. The SMILES string of the molecule is O=C(c1ccnn1COc1ccc(Cl)cc1)N1CCN(Cc2ccc(Cl)cc2Cl)CC1. The lowest BCUT2D eigenvalue weighted by Gasteiger charge is -2.34. The van der Waals surface area contributed by atoms with E-state index in [1.165, 1.54) is 0 Å². The Balaban J connectivity index is 1.32. The molecular weight excluding hydrogens is 459 g/mol. The van der Waals surface area contributed by atoms with Crippen molar-refractivity contribution in [2.45, 2.75) is 13.3 Å². The molecule has 4 rings (SSSR count). The fourth-order valence-corrected chi connectivity index (χ4v) is 4.04. The summed E-state index contributed by atoms with van der Waals surface area (Å²) in [5.74, 6) is 0.606. The van der Waals surface area contributed by atoms with Gasteiger partial charge in [-0.15, -0.1) is 0 Å². The Hall–Kier alpha value is -2.25. The first-order chi connectivity index (χ1) is 15.0. The van der Waals surface area contributed by atoms with Crippen LogP contribution in [0.1, 0.15) is 16.1 Å². The number of carbonyl (C=O) groups is 1. The molecule has 2 heterocycles. The highest BCUT2D eigenvalue weighted by atomic mass is 35.5. The monoisotopic (exact) mass is 478 g/mol. The molecular formula is C22H21Cl3N4O2. The highest BCUT2D eigenvalue weighted by molar-refractivity contribution is 6.35. The summed E-state index contributed by atoms with van der Waals surface area (Å²) in [5, 5.41) is 6.16. The molecule has 0 aliphatic carbocycles. The predicted octanol–water partition coefficient (Wildman–Crippen LogP) is 4.84. The highest BCUT2D eigenvalue weighted by Gasteiger charge is 2.25. The van der Waals surface area contributed by atoms with E-state index in [1.807, 2.05) is 17.0 Å². The van der Waals surface area contributed by atoms with Gasteiger partial charge in [-0.05, 0) is 48.0 Å². The average molecular weight is 480 g/mol. The molecule has 0 radical (unpaired) electrons. The second-order valence-electron chi connectivity index (χ2n) is 7.25. The third kappa shape index (κ3) is 5.52. The largest absolute Gasteiger partial charge is 0.471 e. The van der Waals surface area contributed by atoms with E-state index in [4.69, 9.17) is 39.5 Å². The van der Waals surface area contributed by atoms with E-state index >= 15 is 0 Å². The summed E-state index contributed by atoms with van der Waals surface area (Å²) in [6, 6.07) is 14.3. The van der Waals surface area contributed by atoms with Crippen molar-refractivity contribution in [1.82, 2.24) is 19.6 Å². The molecule has 0 unspecified atom stereocenters. The van der Waals surface area contributed by atoms with E-state index in [9.17, 15) is 4.79 Å². The topological polar surface area (TPSA) is 50.6 Å². The van der Waals surface area contributed by atoms with E-state index < -0.39 is 0 Å². The molecule has 31 heavy (non-hydrogen) atoms. The molecule has 2 aromatic carbocycles. The Morgan fingerprint density at radius 1 is 0.935 bits per heavy atom. The summed E-state index contributed by atoms with van der Waals surface area (Å²) in [4.78, 5) is 17.2. The van der Waals surface area contributed by atoms with Crippen LogP contribution in [0.5, 0.6) is 5.75 Å². The van der Waals surface area contributed by atoms with Gasteiger partial charge in [0.15, 0.2) is 6.73 Å². The summed E-state index contributed by atoms with van der Waals surface area (Å²) in [6.45, 7) is 3.66. The van der Waals surface area contributed by atoms with E-state index in [-0.39, 0.29) is 12.6 Å². The van der Waals surface area contributed by atoms with Gasteiger partial charge in [0.05, 0.1) is 0 Å². The maximum Gasteiger partial charge on any atom is 0.272 e. The first kappa shape index (κ1) is 22.0. The zero-order valence-corrected chi connectivity index (χ0v) is 18.9. The minimum Gasteiger partial charge on any atom is -0.471 e. The maximum atomic E-state index is 13.0.